The number of nitrogens with zero attached hydrogens (tertiary/aromatic N) is 1. The maximum atomic E-state index is 12.3. The number of carboxylic acids is 1. The summed E-state index contributed by atoms with van der Waals surface area (Å²) in [6, 6.07) is 8.67. The summed E-state index contributed by atoms with van der Waals surface area (Å²) in [4.78, 5) is 25.2. The number of thioether (sulfide) groups is 1. The highest BCUT2D eigenvalue weighted by Crippen LogP contribution is 2.37. The van der Waals surface area contributed by atoms with Crippen LogP contribution >= 0.6 is 11.8 Å². The molecule has 3 rings (SSSR count). The quantitative estimate of drug-likeness (QED) is 0.916. The molecule has 0 spiro atoms. The molecule has 0 aliphatic carbocycles. The first kappa shape index (κ1) is 16.2. The lowest BCUT2D eigenvalue weighted by Gasteiger charge is -2.21. The van der Waals surface area contributed by atoms with Gasteiger partial charge in [0.1, 0.15) is 12.6 Å². The monoisotopic (exact) mass is 335 g/mol. The van der Waals surface area contributed by atoms with E-state index in [0.29, 0.717) is 18.9 Å². The van der Waals surface area contributed by atoms with Crippen molar-refractivity contribution in [3.8, 4) is 0 Å². The molecular weight excluding hydrogens is 314 g/mol. The van der Waals surface area contributed by atoms with Gasteiger partial charge in [0.25, 0.3) is 0 Å². The van der Waals surface area contributed by atoms with Crippen LogP contribution in [0.25, 0.3) is 0 Å². The Morgan fingerprint density at radius 3 is 2.70 bits per heavy atom. The Morgan fingerprint density at radius 2 is 2.04 bits per heavy atom. The highest BCUT2D eigenvalue weighted by Gasteiger charge is 2.43. The molecule has 0 radical (unpaired) electrons. The highest BCUT2D eigenvalue weighted by atomic mass is 32.2. The molecule has 2 saturated heterocycles. The van der Waals surface area contributed by atoms with Crippen LogP contribution in [0.3, 0.4) is 0 Å². The molecule has 0 bridgehead atoms. The molecule has 5 nitrogen and oxygen atoms in total. The number of benzene rings is 1. The largest absolute Gasteiger partial charge is 0.480 e. The third-order valence-corrected chi connectivity index (χ3v) is 5.88. The van der Waals surface area contributed by atoms with Crippen molar-refractivity contribution in [2.24, 2.45) is 11.8 Å². The lowest BCUT2D eigenvalue weighted by molar-refractivity contribution is -0.141. The van der Waals surface area contributed by atoms with Crippen molar-refractivity contribution in [3.63, 3.8) is 0 Å². The molecule has 1 aromatic carbocycles. The molecule has 6 heteroatoms. The van der Waals surface area contributed by atoms with Crippen molar-refractivity contribution in [2.75, 3.05) is 18.1 Å². The summed E-state index contributed by atoms with van der Waals surface area (Å²) in [5.74, 6) is 2.07. The second-order valence-corrected chi connectivity index (χ2v) is 7.32. The first-order valence-corrected chi connectivity index (χ1v) is 9.08. The van der Waals surface area contributed by atoms with Crippen molar-refractivity contribution >= 4 is 23.8 Å². The van der Waals surface area contributed by atoms with Gasteiger partial charge < -0.3 is 9.84 Å². The minimum atomic E-state index is -0.935. The number of hydrogen-bond donors (Lipinski definition) is 1. The van der Waals surface area contributed by atoms with Gasteiger partial charge in [0.15, 0.2) is 0 Å². The molecule has 2 aliphatic heterocycles. The minimum Gasteiger partial charge on any atom is -0.480 e. The Labute approximate surface area is 140 Å². The standard InChI is InChI=1S/C17H21NO4S/c19-16(20)15-8-14(13-6-7-23-11-13)9-18(15)17(21)22-10-12-4-2-1-3-5-12/h1-5,13-15H,6-11H2,(H,19,20)/t13?,14?,15-/m0/s1. The van der Waals surface area contributed by atoms with E-state index in [-0.39, 0.29) is 12.5 Å². The van der Waals surface area contributed by atoms with Crippen molar-refractivity contribution in [2.45, 2.75) is 25.5 Å². The summed E-state index contributed by atoms with van der Waals surface area (Å²) >= 11 is 1.91. The second-order valence-electron chi connectivity index (χ2n) is 6.17. The number of carboxylic acid groups (broad SMARTS) is 1. The zero-order chi connectivity index (χ0) is 16.2. The summed E-state index contributed by atoms with van der Waals surface area (Å²) < 4.78 is 5.32. The molecule has 1 N–H and O–H groups in total. The van der Waals surface area contributed by atoms with Gasteiger partial charge in [-0.05, 0) is 41.7 Å². The summed E-state index contributed by atoms with van der Waals surface area (Å²) in [7, 11) is 0. The van der Waals surface area contributed by atoms with Crippen LogP contribution in [0.4, 0.5) is 4.79 Å². The fourth-order valence-corrected chi connectivity index (χ4v) is 4.75. The number of amides is 1. The van der Waals surface area contributed by atoms with Gasteiger partial charge in [-0.1, -0.05) is 30.3 Å². The van der Waals surface area contributed by atoms with Crippen molar-refractivity contribution in [1.29, 1.82) is 0 Å². The van der Waals surface area contributed by atoms with E-state index in [4.69, 9.17) is 4.74 Å². The van der Waals surface area contributed by atoms with E-state index < -0.39 is 18.1 Å². The lowest BCUT2D eigenvalue weighted by atomic mass is 9.90. The van der Waals surface area contributed by atoms with Crippen LogP contribution in [0.5, 0.6) is 0 Å². The maximum Gasteiger partial charge on any atom is 0.410 e. The van der Waals surface area contributed by atoms with Gasteiger partial charge in [-0.3, -0.25) is 4.90 Å². The normalized spacial score (nSPS) is 27.1. The predicted octanol–water partition coefficient (Wildman–Crippen LogP) is 2.85. The van der Waals surface area contributed by atoms with Crippen LogP contribution in [0.2, 0.25) is 0 Å². The van der Waals surface area contributed by atoms with E-state index in [2.05, 4.69) is 0 Å². The van der Waals surface area contributed by atoms with Gasteiger partial charge in [0, 0.05) is 6.54 Å². The topological polar surface area (TPSA) is 66.8 Å². The molecule has 1 aromatic rings. The first-order chi connectivity index (χ1) is 11.1. The first-order valence-electron chi connectivity index (χ1n) is 7.93. The number of likely N-dealkylation sites (tertiary alicyclic amines) is 1. The summed E-state index contributed by atoms with van der Waals surface area (Å²) in [6.45, 7) is 0.669. The van der Waals surface area contributed by atoms with E-state index in [1.54, 1.807) is 0 Å². The molecular formula is C17H21NO4S. The molecule has 0 aromatic heterocycles. The fourth-order valence-electron chi connectivity index (χ4n) is 3.37. The smallest absolute Gasteiger partial charge is 0.410 e. The molecule has 2 heterocycles. The molecule has 1 amide bonds. The molecule has 23 heavy (non-hydrogen) atoms. The number of carbonyl (C=O) groups excluding carboxylic acids is 1. The van der Waals surface area contributed by atoms with Gasteiger partial charge in [-0.15, -0.1) is 0 Å². The zero-order valence-corrected chi connectivity index (χ0v) is 13.7. The zero-order valence-electron chi connectivity index (χ0n) is 12.9. The van der Waals surface area contributed by atoms with E-state index in [1.807, 2.05) is 42.1 Å². The number of ether oxygens (including phenoxy) is 1. The Bertz CT molecular complexity index is 559. The summed E-state index contributed by atoms with van der Waals surface area (Å²) in [6.07, 6.45) is 1.14. The summed E-state index contributed by atoms with van der Waals surface area (Å²) in [5.41, 5.74) is 0.899. The number of hydrogen-bond acceptors (Lipinski definition) is 4. The van der Waals surface area contributed by atoms with Gasteiger partial charge in [0.2, 0.25) is 0 Å². The molecule has 3 atom stereocenters. The average molecular weight is 335 g/mol. The van der Waals surface area contributed by atoms with Crippen LogP contribution in [0.1, 0.15) is 18.4 Å². The van der Waals surface area contributed by atoms with Crippen molar-refractivity contribution < 1.29 is 19.4 Å². The Hall–Kier alpha value is -1.69. The van der Waals surface area contributed by atoms with E-state index in [1.165, 1.54) is 4.90 Å². The SMILES string of the molecule is O=C(O)[C@@H]1CC(C2CCSC2)CN1C(=O)OCc1ccccc1. The van der Waals surface area contributed by atoms with Crippen LogP contribution < -0.4 is 0 Å². The molecule has 2 unspecified atom stereocenters. The van der Waals surface area contributed by atoms with Crippen LogP contribution in [-0.4, -0.2) is 46.2 Å². The number of rotatable bonds is 4. The third kappa shape index (κ3) is 3.80. The average Bonchev–Trinajstić information content (AvgIpc) is 3.22. The van der Waals surface area contributed by atoms with Crippen LogP contribution in [0.15, 0.2) is 30.3 Å². The highest BCUT2D eigenvalue weighted by molar-refractivity contribution is 7.99. The molecule has 0 saturated carbocycles. The maximum absolute atomic E-state index is 12.3. The van der Waals surface area contributed by atoms with E-state index in [0.717, 1.165) is 23.5 Å². The van der Waals surface area contributed by atoms with Gasteiger partial charge in [-0.25, -0.2) is 9.59 Å². The Balaban J connectivity index is 1.61. The van der Waals surface area contributed by atoms with Crippen molar-refractivity contribution in [3.05, 3.63) is 35.9 Å². The lowest BCUT2D eigenvalue weighted by Crippen LogP contribution is -2.40. The van der Waals surface area contributed by atoms with Crippen LogP contribution in [-0.2, 0) is 16.1 Å². The third-order valence-electron chi connectivity index (χ3n) is 4.69. The summed E-state index contributed by atoms with van der Waals surface area (Å²) in [5, 5.41) is 9.42. The van der Waals surface area contributed by atoms with Gasteiger partial charge >= 0.3 is 12.1 Å². The molecule has 124 valence electrons. The predicted molar refractivity (Wildman–Crippen MR) is 88.3 cm³/mol. The molecule has 2 fully saturated rings. The number of aliphatic carboxylic acids is 1. The van der Waals surface area contributed by atoms with E-state index >= 15 is 0 Å². The Morgan fingerprint density at radius 1 is 1.26 bits per heavy atom. The van der Waals surface area contributed by atoms with Gasteiger partial charge in [-0.2, -0.15) is 11.8 Å². The Kier molecular flexibility index (Phi) is 5.10. The van der Waals surface area contributed by atoms with Crippen LogP contribution in [0, 0.1) is 11.8 Å². The van der Waals surface area contributed by atoms with Crippen molar-refractivity contribution in [1.82, 2.24) is 4.90 Å². The fraction of sp³-hybridized carbons (Fsp3) is 0.529. The number of carbonyl (C=O) groups is 2. The van der Waals surface area contributed by atoms with E-state index in [9.17, 15) is 14.7 Å². The minimum absolute atomic E-state index is 0.173. The molecule has 2 aliphatic rings. The second kappa shape index (κ2) is 7.25. The van der Waals surface area contributed by atoms with Gasteiger partial charge in [0.05, 0.1) is 0 Å².